The summed E-state index contributed by atoms with van der Waals surface area (Å²) >= 11 is 1.72. The zero-order chi connectivity index (χ0) is 19.8. The molecule has 1 aliphatic rings. The van der Waals surface area contributed by atoms with Crippen LogP contribution in [0.4, 0.5) is 5.82 Å². The molecule has 1 N–H and O–H groups in total. The van der Waals surface area contributed by atoms with Gasteiger partial charge in [0.1, 0.15) is 28.4 Å². The van der Waals surface area contributed by atoms with Crippen molar-refractivity contribution in [3.05, 3.63) is 35.0 Å². The van der Waals surface area contributed by atoms with Gasteiger partial charge in [-0.05, 0) is 49.0 Å². The number of piperidine rings is 1. The Bertz CT molecular complexity index is 955. The molecule has 1 aliphatic heterocycles. The highest BCUT2D eigenvalue weighted by molar-refractivity contribution is 7.17. The van der Waals surface area contributed by atoms with Crippen molar-refractivity contribution in [3.8, 4) is 0 Å². The maximum atomic E-state index is 10.8. The molecule has 3 aromatic rings. The Morgan fingerprint density at radius 2 is 2.00 bits per heavy atom. The smallest absolute Gasteiger partial charge is 0.141 e. The molecule has 0 radical (unpaired) electrons. The number of rotatable bonds is 5. The van der Waals surface area contributed by atoms with Gasteiger partial charge in [-0.15, -0.1) is 11.3 Å². The summed E-state index contributed by atoms with van der Waals surface area (Å²) in [6, 6.07) is 0. The number of nitrogens with zero attached hydrogens (tertiary/aromatic N) is 5. The van der Waals surface area contributed by atoms with Gasteiger partial charge in [0.15, 0.2) is 0 Å². The first-order chi connectivity index (χ1) is 13.4. The summed E-state index contributed by atoms with van der Waals surface area (Å²) < 4.78 is 1.91. The van der Waals surface area contributed by atoms with Crippen molar-refractivity contribution < 1.29 is 5.11 Å². The Morgan fingerprint density at radius 3 is 2.64 bits per heavy atom. The minimum Gasteiger partial charge on any atom is -0.385 e. The van der Waals surface area contributed by atoms with Gasteiger partial charge in [0.2, 0.25) is 0 Å². The summed E-state index contributed by atoms with van der Waals surface area (Å²) in [6.07, 6.45) is 6.05. The quantitative estimate of drug-likeness (QED) is 0.705. The van der Waals surface area contributed by atoms with Crippen molar-refractivity contribution in [3.63, 3.8) is 0 Å². The minimum atomic E-state index is -0.507. The van der Waals surface area contributed by atoms with Gasteiger partial charge in [-0.2, -0.15) is 0 Å². The van der Waals surface area contributed by atoms with Crippen LogP contribution in [0.15, 0.2) is 17.8 Å². The van der Waals surface area contributed by atoms with Crippen LogP contribution in [0, 0.1) is 18.8 Å². The van der Waals surface area contributed by atoms with Crippen molar-refractivity contribution >= 4 is 27.4 Å². The molecule has 1 fully saturated rings. The molecular formula is C21H29N5OS. The average Bonchev–Trinajstić information content (AvgIpc) is 3.26. The predicted octanol–water partition coefficient (Wildman–Crippen LogP) is 3.88. The first-order valence-corrected chi connectivity index (χ1v) is 11.0. The molecular weight excluding hydrogens is 370 g/mol. The molecule has 28 heavy (non-hydrogen) atoms. The normalized spacial score (nSPS) is 17.0. The summed E-state index contributed by atoms with van der Waals surface area (Å²) in [5.41, 5.74) is 1.36. The first kappa shape index (κ1) is 19.3. The molecule has 0 spiro atoms. The molecule has 1 atom stereocenters. The van der Waals surface area contributed by atoms with Crippen LogP contribution in [0.5, 0.6) is 0 Å². The third kappa shape index (κ3) is 3.65. The van der Waals surface area contributed by atoms with Crippen LogP contribution in [0.25, 0.3) is 10.2 Å². The fourth-order valence-corrected chi connectivity index (χ4v) is 5.20. The Labute approximate surface area is 170 Å². The molecule has 7 heteroatoms. The van der Waals surface area contributed by atoms with E-state index in [-0.39, 0.29) is 5.92 Å². The number of aliphatic hydroxyl groups is 1. The topological polar surface area (TPSA) is 67.1 Å². The highest BCUT2D eigenvalue weighted by atomic mass is 32.1. The van der Waals surface area contributed by atoms with E-state index in [9.17, 15) is 5.11 Å². The van der Waals surface area contributed by atoms with Crippen molar-refractivity contribution in [2.24, 2.45) is 18.9 Å². The average molecular weight is 400 g/mol. The van der Waals surface area contributed by atoms with Crippen LogP contribution in [0.2, 0.25) is 0 Å². The van der Waals surface area contributed by atoms with Crippen LogP contribution in [0.1, 0.15) is 50.0 Å². The van der Waals surface area contributed by atoms with E-state index < -0.39 is 6.10 Å². The lowest BCUT2D eigenvalue weighted by atomic mass is 9.90. The molecule has 150 valence electrons. The second kappa shape index (κ2) is 7.79. The van der Waals surface area contributed by atoms with Gasteiger partial charge in [-0.3, -0.25) is 0 Å². The summed E-state index contributed by atoms with van der Waals surface area (Å²) in [7, 11) is 1.94. The van der Waals surface area contributed by atoms with Crippen molar-refractivity contribution in [1.82, 2.24) is 19.5 Å². The summed E-state index contributed by atoms with van der Waals surface area (Å²) in [5, 5.41) is 14.3. The zero-order valence-electron chi connectivity index (χ0n) is 17.1. The van der Waals surface area contributed by atoms with E-state index in [4.69, 9.17) is 4.98 Å². The summed E-state index contributed by atoms with van der Waals surface area (Å²) in [5.74, 6) is 3.50. The van der Waals surface area contributed by atoms with Crippen LogP contribution in [-0.4, -0.2) is 37.7 Å². The molecule has 3 aromatic heterocycles. The number of thiophene rings is 1. The van der Waals surface area contributed by atoms with E-state index >= 15 is 0 Å². The van der Waals surface area contributed by atoms with Crippen LogP contribution in [-0.2, 0) is 13.5 Å². The highest BCUT2D eigenvalue weighted by Crippen LogP contribution is 2.37. The van der Waals surface area contributed by atoms with E-state index in [0.717, 1.165) is 54.6 Å². The number of aromatic nitrogens is 4. The Kier molecular flexibility index (Phi) is 5.38. The largest absolute Gasteiger partial charge is 0.385 e. The summed E-state index contributed by atoms with van der Waals surface area (Å²) in [4.78, 5) is 17.3. The molecule has 0 aromatic carbocycles. The van der Waals surface area contributed by atoms with Crippen molar-refractivity contribution in [2.45, 2.75) is 46.1 Å². The van der Waals surface area contributed by atoms with Gasteiger partial charge in [-0.25, -0.2) is 15.0 Å². The fraction of sp³-hybridized carbons (Fsp3) is 0.571. The number of hydrogen-bond donors (Lipinski definition) is 1. The molecule has 1 unspecified atom stereocenters. The third-order valence-corrected chi connectivity index (χ3v) is 6.56. The second-order valence-corrected chi connectivity index (χ2v) is 9.16. The van der Waals surface area contributed by atoms with Gasteiger partial charge >= 0.3 is 0 Å². The van der Waals surface area contributed by atoms with Crippen LogP contribution in [0.3, 0.4) is 0 Å². The second-order valence-electron chi connectivity index (χ2n) is 8.30. The maximum Gasteiger partial charge on any atom is 0.141 e. The standard InChI is InChI=1S/C21H29N5OS/c1-13(2)11-16-12-28-21-17(16)19(23-14(3)24-21)26-8-5-15(6-9-26)18(27)20-22-7-10-25(20)4/h7,10,12-13,15,18,27H,5-6,8-9,11H2,1-4H3. The van der Waals surface area contributed by atoms with Crippen molar-refractivity contribution in [2.75, 3.05) is 18.0 Å². The van der Waals surface area contributed by atoms with E-state index in [1.807, 2.05) is 24.7 Å². The SMILES string of the molecule is Cc1nc(N2CCC(C(O)c3nccn3C)CC2)c2c(CC(C)C)csc2n1. The lowest BCUT2D eigenvalue weighted by Gasteiger charge is -2.35. The fourth-order valence-electron chi connectivity index (χ4n) is 4.20. The van der Waals surface area contributed by atoms with E-state index in [2.05, 4.69) is 34.1 Å². The molecule has 6 nitrogen and oxygen atoms in total. The molecule has 4 rings (SSSR count). The molecule has 1 saturated heterocycles. The Morgan fingerprint density at radius 1 is 1.25 bits per heavy atom. The molecule has 0 aliphatic carbocycles. The van der Waals surface area contributed by atoms with Gasteiger partial charge < -0.3 is 14.6 Å². The van der Waals surface area contributed by atoms with E-state index in [1.54, 1.807) is 17.5 Å². The van der Waals surface area contributed by atoms with E-state index in [0.29, 0.717) is 5.92 Å². The molecule has 0 bridgehead atoms. The Hall–Kier alpha value is -1.99. The van der Waals surface area contributed by atoms with Gasteiger partial charge in [0.05, 0.1) is 5.39 Å². The highest BCUT2D eigenvalue weighted by Gasteiger charge is 2.30. The summed E-state index contributed by atoms with van der Waals surface area (Å²) in [6.45, 7) is 8.27. The van der Waals surface area contributed by atoms with E-state index in [1.165, 1.54) is 10.9 Å². The number of fused-ring (bicyclic) bond motifs is 1. The van der Waals surface area contributed by atoms with Gasteiger partial charge in [0, 0.05) is 32.5 Å². The molecule has 4 heterocycles. The number of aryl methyl sites for hydroxylation is 2. The number of anilines is 1. The first-order valence-electron chi connectivity index (χ1n) is 10.1. The molecule has 0 saturated carbocycles. The van der Waals surface area contributed by atoms with Crippen LogP contribution >= 0.6 is 11.3 Å². The maximum absolute atomic E-state index is 10.8. The lowest BCUT2D eigenvalue weighted by Crippen LogP contribution is -2.37. The van der Waals surface area contributed by atoms with Crippen molar-refractivity contribution in [1.29, 1.82) is 0 Å². The monoisotopic (exact) mass is 399 g/mol. The zero-order valence-corrected chi connectivity index (χ0v) is 17.9. The number of imidazole rings is 1. The third-order valence-electron chi connectivity index (χ3n) is 5.64. The van der Waals surface area contributed by atoms with Crippen LogP contribution < -0.4 is 4.90 Å². The number of hydrogen-bond acceptors (Lipinski definition) is 6. The minimum absolute atomic E-state index is 0.230. The lowest BCUT2D eigenvalue weighted by molar-refractivity contribution is 0.0824. The van der Waals surface area contributed by atoms with Gasteiger partial charge in [-0.1, -0.05) is 13.8 Å². The molecule has 0 amide bonds. The predicted molar refractivity (Wildman–Crippen MR) is 114 cm³/mol. The Balaban J connectivity index is 1.57. The number of aliphatic hydroxyl groups excluding tert-OH is 1. The van der Waals surface area contributed by atoms with Gasteiger partial charge in [0.25, 0.3) is 0 Å².